The summed E-state index contributed by atoms with van der Waals surface area (Å²) in [5.41, 5.74) is 2.65. The van der Waals surface area contributed by atoms with Crippen molar-refractivity contribution >= 4 is 28.5 Å². The van der Waals surface area contributed by atoms with Crippen molar-refractivity contribution in [1.82, 2.24) is 29.2 Å². The molecule has 0 atom stereocenters. The summed E-state index contributed by atoms with van der Waals surface area (Å²) in [7, 11) is 3.57. The van der Waals surface area contributed by atoms with Gasteiger partial charge in [0.2, 0.25) is 17.8 Å². The van der Waals surface area contributed by atoms with E-state index in [0.29, 0.717) is 17.2 Å². The molecular formula is C21H22FN7O. The molecule has 0 unspecified atom stereocenters. The van der Waals surface area contributed by atoms with Crippen LogP contribution in [0.3, 0.4) is 0 Å². The molecule has 1 amide bonds. The first-order valence-corrected chi connectivity index (χ1v) is 9.79. The minimum absolute atomic E-state index is 0.150. The Kier molecular flexibility index (Phi) is 4.02. The lowest BCUT2D eigenvalue weighted by Gasteiger charge is -2.45. The van der Waals surface area contributed by atoms with E-state index in [1.807, 2.05) is 19.2 Å². The highest BCUT2D eigenvalue weighted by atomic mass is 19.1. The summed E-state index contributed by atoms with van der Waals surface area (Å²) in [6.07, 6.45) is 8.01. The zero-order valence-corrected chi connectivity index (χ0v) is 17.0. The van der Waals surface area contributed by atoms with Crippen LogP contribution < -0.4 is 5.32 Å². The van der Waals surface area contributed by atoms with Crippen LogP contribution in [0.25, 0.3) is 27.8 Å². The summed E-state index contributed by atoms with van der Waals surface area (Å²) >= 11 is 0. The first kappa shape index (κ1) is 18.5. The third-order valence-corrected chi connectivity index (χ3v) is 5.85. The number of nitrogens with one attached hydrogen (secondary N) is 2. The predicted octanol–water partition coefficient (Wildman–Crippen LogP) is 3.08. The minimum Gasteiger partial charge on any atom is -0.351 e. The van der Waals surface area contributed by atoms with Crippen LogP contribution in [-0.2, 0) is 4.79 Å². The average Bonchev–Trinajstić information content (AvgIpc) is 3.29. The standard InChI is InChI=1S/C21H22FN7O/c1-21(19(30)28(2)3)6-13(7-21)26-20-25-9-15-14(8-24-18(15)27-20)12-4-5-17-23-10-16(22)29(17)11-12/h4-5,8-11,13H,6-7H2,1-3H3,(H2,24,25,26,27)/t13-,21-. The summed E-state index contributed by atoms with van der Waals surface area (Å²) in [5.74, 6) is 0.267. The van der Waals surface area contributed by atoms with Crippen LogP contribution in [0.5, 0.6) is 0 Å². The van der Waals surface area contributed by atoms with Crippen LogP contribution in [0.1, 0.15) is 19.8 Å². The van der Waals surface area contributed by atoms with Gasteiger partial charge >= 0.3 is 0 Å². The van der Waals surface area contributed by atoms with Gasteiger partial charge in [-0.05, 0) is 25.0 Å². The molecular weight excluding hydrogens is 385 g/mol. The maximum atomic E-state index is 13.9. The number of carbonyl (C=O) groups excluding carboxylic acids is 1. The smallest absolute Gasteiger partial charge is 0.228 e. The van der Waals surface area contributed by atoms with Crippen molar-refractivity contribution in [2.24, 2.45) is 5.41 Å². The molecule has 0 bridgehead atoms. The third kappa shape index (κ3) is 2.89. The number of anilines is 1. The number of hydrogen-bond donors (Lipinski definition) is 2. The van der Waals surface area contributed by atoms with Gasteiger partial charge in [0.15, 0.2) is 0 Å². The van der Waals surface area contributed by atoms with Crippen LogP contribution in [0.15, 0.2) is 36.9 Å². The zero-order chi connectivity index (χ0) is 21.0. The molecule has 0 aliphatic heterocycles. The Hall–Kier alpha value is -3.49. The van der Waals surface area contributed by atoms with Crippen molar-refractivity contribution in [1.29, 1.82) is 0 Å². The van der Waals surface area contributed by atoms with E-state index in [1.54, 1.807) is 37.5 Å². The highest BCUT2D eigenvalue weighted by Gasteiger charge is 2.47. The second-order valence-electron chi connectivity index (χ2n) is 8.39. The topological polar surface area (TPSA) is 91.2 Å². The van der Waals surface area contributed by atoms with Gasteiger partial charge in [-0.2, -0.15) is 9.37 Å². The number of fused-ring (bicyclic) bond motifs is 2. The molecule has 30 heavy (non-hydrogen) atoms. The summed E-state index contributed by atoms with van der Waals surface area (Å²) < 4.78 is 15.3. The number of pyridine rings is 1. The second kappa shape index (κ2) is 6.51. The lowest BCUT2D eigenvalue weighted by atomic mass is 9.66. The molecule has 0 saturated heterocycles. The van der Waals surface area contributed by atoms with Crippen LogP contribution in [0, 0.1) is 11.4 Å². The molecule has 8 nitrogen and oxygen atoms in total. The average molecular weight is 407 g/mol. The van der Waals surface area contributed by atoms with E-state index in [-0.39, 0.29) is 17.4 Å². The van der Waals surface area contributed by atoms with Crippen LogP contribution in [-0.4, -0.2) is 55.3 Å². The lowest BCUT2D eigenvalue weighted by molar-refractivity contribution is -0.143. The lowest BCUT2D eigenvalue weighted by Crippen LogP contribution is -2.52. The van der Waals surface area contributed by atoms with Crippen molar-refractivity contribution < 1.29 is 9.18 Å². The van der Waals surface area contributed by atoms with Gasteiger partial charge in [0.1, 0.15) is 11.3 Å². The molecule has 4 aromatic rings. The van der Waals surface area contributed by atoms with Crippen LogP contribution in [0.4, 0.5) is 10.3 Å². The van der Waals surface area contributed by atoms with E-state index >= 15 is 0 Å². The van der Waals surface area contributed by atoms with E-state index in [4.69, 9.17) is 0 Å². The van der Waals surface area contributed by atoms with Crippen molar-refractivity contribution in [2.75, 3.05) is 19.4 Å². The monoisotopic (exact) mass is 407 g/mol. The number of amides is 1. The SMILES string of the molecule is CN(C)C(=O)[C@]1(C)C[C@@H](Nc2ncc3c(-c4ccc5ncc(F)n5c4)c[nH]c3n2)C1. The van der Waals surface area contributed by atoms with Gasteiger partial charge in [-0.1, -0.05) is 6.92 Å². The first-order chi connectivity index (χ1) is 14.3. The molecule has 5 rings (SSSR count). The van der Waals surface area contributed by atoms with Crippen molar-refractivity contribution in [3.05, 3.63) is 42.9 Å². The minimum atomic E-state index is -0.408. The fourth-order valence-electron chi connectivity index (χ4n) is 4.35. The molecule has 4 aromatic heterocycles. The maximum Gasteiger partial charge on any atom is 0.228 e. The summed E-state index contributed by atoms with van der Waals surface area (Å²) in [6, 6.07) is 3.84. The van der Waals surface area contributed by atoms with Gasteiger partial charge in [0.05, 0.1) is 11.6 Å². The highest BCUT2D eigenvalue weighted by molar-refractivity contribution is 5.93. The van der Waals surface area contributed by atoms with E-state index in [9.17, 15) is 9.18 Å². The summed E-state index contributed by atoms with van der Waals surface area (Å²) in [6.45, 7) is 1.99. The van der Waals surface area contributed by atoms with Crippen molar-refractivity contribution in [2.45, 2.75) is 25.8 Å². The number of aromatic amines is 1. The normalized spacial score (nSPS) is 21.0. The maximum absolute atomic E-state index is 13.9. The molecule has 0 aromatic carbocycles. The fraction of sp³-hybridized carbons (Fsp3) is 0.333. The molecule has 0 spiro atoms. The van der Waals surface area contributed by atoms with Crippen LogP contribution >= 0.6 is 0 Å². The van der Waals surface area contributed by atoms with Gasteiger partial charge in [0, 0.05) is 55.2 Å². The second-order valence-corrected chi connectivity index (χ2v) is 8.39. The van der Waals surface area contributed by atoms with Gasteiger partial charge in [0.25, 0.3) is 0 Å². The Bertz CT molecular complexity index is 1270. The van der Waals surface area contributed by atoms with E-state index in [1.165, 1.54) is 10.6 Å². The van der Waals surface area contributed by atoms with E-state index < -0.39 is 5.95 Å². The molecule has 9 heteroatoms. The van der Waals surface area contributed by atoms with Gasteiger partial charge < -0.3 is 15.2 Å². The molecule has 0 radical (unpaired) electrons. The number of imidazole rings is 1. The first-order valence-electron chi connectivity index (χ1n) is 9.79. The number of H-pyrrole nitrogens is 1. The quantitative estimate of drug-likeness (QED) is 0.543. The molecule has 154 valence electrons. The summed E-state index contributed by atoms with van der Waals surface area (Å²) in [5, 5.41) is 4.17. The number of hydrogen-bond acceptors (Lipinski definition) is 5. The Morgan fingerprint density at radius 3 is 2.87 bits per heavy atom. The Morgan fingerprint density at radius 1 is 1.30 bits per heavy atom. The van der Waals surface area contributed by atoms with Crippen molar-refractivity contribution in [3.63, 3.8) is 0 Å². The third-order valence-electron chi connectivity index (χ3n) is 5.85. The molecule has 2 N–H and O–H groups in total. The molecule has 1 saturated carbocycles. The molecule has 1 aliphatic rings. The van der Waals surface area contributed by atoms with Gasteiger partial charge in [-0.3, -0.25) is 9.20 Å². The molecule has 1 fully saturated rings. The number of halogens is 1. The predicted molar refractivity (Wildman–Crippen MR) is 111 cm³/mol. The van der Waals surface area contributed by atoms with E-state index in [2.05, 4.69) is 25.3 Å². The largest absolute Gasteiger partial charge is 0.351 e. The summed E-state index contributed by atoms with van der Waals surface area (Å²) in [4.78, 5) is 30.1. The molecule has 1 aliphatic carbocycles. The van der Waals surface area contributed by atoms with Gasteiger partial charge in [-0.15, -0.1) is 0 Å². The number of carbonyl (C=O) groups is 1. The van der Waals surface area contributed by atoms with Crippen LogP contribution in [0.2, 0.25) is 0 Å². The van der Waals surface area contributed by atoms with Gasteiger partial charge in [-0.25, -0.2) is 9.97 Å². The Labute approximate surface area is 172 Å². The number of aromatic nitrogens is 5. The number of rotatable bonds is 4. The zero-order valence-electron chi connectivity index (χ0n) is 17.0. The van der Waals surface area contributed by atoms with Crippen molar-refractivity contribution in [3.8, 4) is 11.1 Å². The Morgan fingerprint density at radius 2 is 2.10 bits per heavy atom. The van der Waals surface area contributed by atoms with E-state index in [0.717, 1.165) is 29.4 Å². The Balaban J connectivity index is 1.37. The fourth-order valence-corrected chi connectivity index (χ4v) is 4.35. The molecule has 4 heterocycles. The number of nitrogens with zero attached hydrogens (tertiary/aromatic N) is 5. The highest BCUT2D eigenvalue weighted by Crippen LogP contribution is 2.43.